The Morgan fingerprint density at radius 2 is 2.24 bits per heavy atom. The van der Waals surface area contributed by atoms with Crippen molar-refractivity contribution < 1.29 is 0 Å². The first-order chi connectivity index (χ1) is 8.22. The predicted molar refractivity (Wildman–Crippen MR) is 70.1 cm³/mol. The molecule has 2 rings (SSSR count). The van der Waals surface area contributed by atoms with E-state index >= 15 is 0 Å². The molecular weight excluding hydrogens is 256 g/mol. The van der Waals surface area contributed by atoms with E-state index in [2.05, 4.69) is 10.1 Å². The molecule has 0 spiro atoms. The lowest BCUT2D eigenvalue weighted by Gasteiger charge is -2.15. The number of halogens is 1. The van der Waals surface area contributed by atoms with Crippen LogP contribution in [-0.4, -0.2) is 21.3 Å². The van der Waals surface area contributed by atoms with Crippen LogP contribution in [0.4, 0.5) is 0 Å². The number of benzene rings is 1. The van der Waals surface area contributed by atoms with Crippen molar-refractivity contribution in [2.45, 2.75) is 10.4 Å². The lowest BCUT2D eigenvalue weighted by molar-refractivity contribution is 0.682. The first-order valence-electron chi connectivity index (χ1n) is 5.17. The van der Waals surface area contributed by atoms with Crippen molar-refractivity contribution in [3.8, 4) is 0 Å². The van der Waals surface area contributed by atoms with Gasteiger partial charge in [0, 0.05) is 18.6 Å². The molecular formula is C11H13ClN4S. The highest BCUT2D eigenvalue weighted by molar-refractivity contribution is 7.99. The molecule has 0 saturated heterocycles. The van der Waals surface area contributed by atoms with Crippen LogP contribution in [0.3, 0.4) is 0 Å². The molecule has 0 radical (unpaired) electrons. The van der Waals surface area contributed by atoms with Crippen LogP contribution in [0.5, 0.6) is 0 Å². The standard InChI is InChI=1S/C11H13ClN4S/c1-16-11(14-7-15-16)17-10(6-13)8-4-2-3-5-9(8)12/h2-5,7,10H,6,13H2,1H3. The average Bonchev–Trinajstić information content (AvgIpc) is 2.73. The molecule has 0 saturated carbocycles. The van der Waals surface area contributed by atoms with Crippen molar-refractivity contribution in [1.82, 2.24) is 14.8 Å². The van der Waals surface area contributed by atoms with E-state index in [0.717, 1.165) is 15.7 Å². The zero-order valence-electron chi connectivity index (χ0n) is 9.38. The summed E-state index contributed by atoms with van der Waals surface area (Å²) >= 11 is 7.74. The monoisotopic (exact) mass is 268 g/mol. The summed E-state index contributed by atoms with van der Waals surface area (Å²) in [6.45, 7) is 0.501. The van der Waals surface area contributed by atoms with E-state index in [1.54, 1.807) is 16.4 Å². The van der Waals surface area contributed by atoms with Crippen LogP contribution in [0.15, 0.2) is 35.7 Å². The molecule has 4 nitrogen and oxygen atoms in total. The smallest absolute Gasteiger partial charge is 0.186 e. The Kier molecular flexibility index (Phi) is 4.04. The Labute approximate surface area is 109 Å². The lowest BCUT2D eigenvalue weighted by atomic mass is 10.1. The first kappa shape index (κ1) is 12.4. The van der Waals surface area contributed by atoms with Gasteiger partial charge in [-0.2, -0.15) is 5.10 Å². The minimum atomic E-state index is 0.0894. The van der Waals surface area contributed by atoms with Crippen LogP contribution >= 0.6 is 23.4 Å². The minimum Gasteiger partial charge on any atom is -0.329 e. The van der Waals surface area contributed by atoms with Crippen LogP contribution in [0.25, 0.3) is 0 Å². The van der Waals surface area contributed by atoms with Gasteiger partial charge in [-0.05, 0) is 11.6 Å². The van der Waals surface area contributed by atoms with Gasteiger partial charge in [-0.3, -0.25) is 0 Å². The Hall–Kier alpha value is -1.04. The van der Waals surface area contributed by atoms with E-state index in [9.17, 15) is 0 Å². The fourth-order valence-corrected chi connectivity index (χ4v) is 2.82. The molecule has 6 heteroatoms. The number of nitrogens with two attached hydrogens (primary N) is 1. The van der Waals surface area contributed by atoms with Gasteiger partial charge in [0.15, 0.2) is 5.16 Å². The second kappa shape index (κ2) is 5.53. The van der Waals surface area contributed by atoms with E-state index in [0.29, 0.717) is 6.54 Å². The van der Waals surface area contributed by atoms with E-state index in [1.807, 2.05) is 31.3 Å². The van der Waals surface area contributed by atoms with Gasteiger partial charge in [0.2, 0.25) is 0 Å². The van der Waals surface area contributed by atoms with Gasteiger partial charge in [0.05, 0.1) is 5.25 Å². The fourth-order valence-electron chi connectivity index (χ4n) is 1.49. The molecule has 1 heterocycles. The van der Waals surface area contributed by atoms with Crippen molar-refractivity contribution >= 4 is 23.4 Å². The van der Waals surface area contributed by atoms with Crippen LogP contribution < -0.4 is 5.73 Å². The quantitative estimate of drug-likeness (QED) is 0.865. The van der Waals surface area contributed by atoms with E-state index in [-0.39, 0.29) is 5.25 Å². The summed E-state index contributed by atoms with van der Waals surface area (Å²) in [6, 6.07) is 7.73. The second-order valence-electron chi connectivity index (χ2n) is 3.53. The SMILES string of the molecule is Cn1ncnc1SC(CN)c1ccccc1Cl. The number of aryl methyl sites for hydroxylation is 1. The van der Waals surface area contributed by atoms with E-state index in [4.69, 9.17) is 17.3 Å². The number of thioether (sulfide) groups is 1. The number of hydrogen-bond acceptors (Lipinski definition) is 4. The molecule has 17 heavy (non-hydrogen) atoms. The topological polar surface area (TPSA) is 56.7 Å². The van der Waals surface area contributed by atoms with Gasteiger partial charge in [-0.1, -0.05) is 41.6 Å². The van der Waals surface area contributed by atoms with Crippen molar-refractivity contribution in [3.63, 3.8) is 0 Å². The number of rotatable bonds is 4. The van der Waals surface area contributed by atoms with Gasteiger partial charge in [0.1, 0.15) is 6.33 Å². The largest absolute Gasteiger partial charge is 0.329 e. The van der Waals surface area contributed by atoms with Gasteiger partial charge in [-0.25, -0.2) is 9.67 Å². The molecule has 1 aromatic heterocycles. The summed E-state index contributed by atoms with van der Waals surface area (Å²) in [7, 11) is 1.86. The van der Waals surface area contributed by atoms with Crippen molar-refractivity contribution in [2.24, 2.45) is 12.8 Å². The summed E-state index contributed by atoms with van der Waals surface area (Å²) in [5, 5.41) is 5.69. The predicted octanol–water partition coefficient (Wildman–Crippen LogP) is 2.26. The molecule has 0 aliphatic rings. The summed E-state index contributed by atoms with van der Waals surface area (Å²) in [6.07, 6.45) is 1.53. The van der Waals surface area contributed by atoms with Crippen molar-refractivity contribution in [1.29, 1.82) is 0 Å². The zero-order valence-corrected chi connectivity index (χ0v) is 10.9. The third kappa shape index (κ3) is 2.80. The second-order valence-corrected chi connectivity index (χ2v) is 5.11. The molecule has 0 aliphatic heterocycles. The molecule has 0 bridgehead atoms. The van der Waals surface area contributed by atoms with Gasteiger partial charge >= 0.3 is 0 Å². The Bertz CT molecular complexity index is 500. The maximum atomic E-state index is 6.17. The maximum Gasteiger partial charge on any atom is 0.186 e. The summed E-state index contributed by atoms with van der Waals surface area (Å²) in [5.74, 6) is 0. The van der Waals surface area contributed by atoms with E-state index in [1.165, 1.54) is 6.33 Å². The molecule has 1 atom stereocenters. The van der Waals surface area contributed by atoms with Crippen LogP contribution in [0.1, 0.15) is 10.8 Å². The number of aromatic nitrogens is 3. The Morgan fingerprint density at radius 1 is 1.47 bits per heavy atom. The molecule has 2 N–H and O–H groups in total. The zero-order chi connectivity index (χ0) is 12.3. The number of nitrogens with zero attached hydrogens (tertiary/aromatic N) is 3. The molecule has 90 valence electrons. The molecule has 2 aromatic rings. The van der Waals surface area contributed by atoms with Gasteiger partial charge in [-0.15, -0.1) is 0 Å². The van der Waals surface area contributed by atoms with Crippen LogP contribution in [0.2, 0.25) is 5.02 Å². The highest BCUT2D eigenvalue weighted by Gasteiger charge is 2.16. The molecule has 1 unspecified atom stereocenters. The Morgan fingerprint density at radius 3 is 2.82 bits per heavy atom. The van der Waals surface area contributed by atoms with Crippen molar-refractivity contribution in [2.75, 3.05) is 6.54 Å². The summed E-state index contributed by atoms with van der Waals surface area (Å²) in [4.78, 5) is 4.17. The van der Waals surface area contributed by atoms with Gasteiger partial charge < -0.3 is 5.73 Å². The highest BCUT2D eigenvalue weighted by Crippen LogP contribution is 2.36. The molecule has 0 fully saturated rings. The average molecular weight is 269 g/mol. The molecule has 0 aliphatic carbocycles. The Balaban J connectivity index is 2.23. The first-order valence-corrected chi connectivity index (χ1v) is 6.43. The number of hydrogen-bond donors (Lipinski definition) is 1. The normalized spacial score (nSPS) is 12.6. The molecule has 0 amide bonds. The fraction of sp³-hybridized carbons (Fsp3) is 0.273. The van der Waals surface area contributed by atoms with Crippen molar-refractivity contribution in [3.05, 3.63) is 41.2 Å². The van der Waals surface area contributed by atoms with E-state index < -0.39 is 0 Å². The third-order valence-corrected chi connectivity index (χ3v) is 4.04. The highest BCUT2D eigenvalue weighted by atomic mass is 35.5. The van der Waals surface area contributed by atoms with Crippen LogP contribution in [0, 0.1) is 0 Å². The molecule has 1 aromatic carbocycles. The maximum absolute atomic E-state index is 6.17. The lowest BCUT2D eigenvalue weighted by Crippen LogP contribution is -2.10. The summed E-state index contributed by atoms with van der Waals surface area (Å²) < 4.78 is 1.73. The van der Waals surface area contributed by atoms with Gasteiger partial charge in [0.25, 0.3) is 0 Å². The summed E-state index contributed by atoms with van der Waals surface area (Å²) in [5.41, 5.74) is 6.84. The third-order valence-electron chi connectivity index (χ3n) is 2.38. The minimum absolute atomic E-state index is 0.0894. The van der Waals surface area contributed by atoms with Crippen LogP contribution in [-0.2, 0) is 7.05 Å².